The van der Waals surface area contributed by atoms with E-state index in [4.69, 9.17) is 9.47 Å². The van der Waals surface area contributed by atoms with Gasteiger partial charge in [0.05, 0.1) is 24.0 Å². The maximum atomic E-state index is 12.6. The summed E-state index contributed by atoms with van der Waals surface area (Å²) in [4.78, 5) is 11.4. The number of carboxylic acids is 1. The third-order valence-electron chi connectivity index (χ3n) is 4.30. The summed E-state index contributed by atoms with van der Waals surface area (Å²) in [7, 11) is -2.56. The lowest BCUT2D eigenvalue weighted by Crippen LogP contribution is -2.49. The number of aliphatic carboxylic acids is 1. The molecule has 0 saturated heterocycles. The van der Waals surface area contributed by atoms with Gasteiger partial charge in [-0.15, -0.1) is 0 Å². The molecule has 0 amide bonds. The number of hydrogen-bond donors (Lipinski definition) is 1. The van der Waals surface area contributed by atoms with Crippen molar-refractivity contribution >= 4 is 16.0 Å². The first-order valence-corrected chi connectivity index (χ1v) is 10.6. The highest BCUT2D eigenvalue weighted by molar-refractivity contribution is 7.89. The summed E-state index contributed by atoms with van der Waals surface area (Å²) in [6, 6.07) is 20.0. The Morgan fingerprint density at radius 1 is 0.933 bits per heavy atom. The Balaban J connectivity index is 1.74. The van der Waals surface area contributed by atoms with Gasteiger partial charge >= 0.3 is 0 Å². The van der Waals surface area contributed by atoms with E-state index in [0.29, 0.717) is 22.8 Å². The van der Waals surface area contributed by atoms with Crippen LogP contribution in [-0.4, -0.2) is 27.5 Å². The standard InChI is InChI=1S/C22H21NO6S/c1-28-20-9-5-6-10-21(20)29-17-11-13-18(14-12-17)30(26,27)23-19(22(24)25)15-16-7-3-2-4-8-16/h2-14,19,23H,15H2,1H3,(H,24,25)/p-1/t19-/m1/s1. The van der Waals surface area contributed by atoms with E-state index in [2.05, 4.69) is 4.72 Å². The van der Waals surface area contributed by atoms with E-state index in [9.17, 15) is 18.3 Å². The molecule has 8 heteroatoms. The molecule has 0 heterocycles. The van der Waals surface area contributed by atoms with Crippen molar-refractivity contribution in [3.8, 4) is 17.2 Å². The molecule has 0 fully saturated rings. The van der Waals surface area contributed by atoms with E-state index in [-0.39, 0.29) is 11.3 Å². The molecule has 0 bridgehead atoms. The predicted molar refractivity (Wildman–Crippen MR) is 109 cm³/mol. The maximum Gasteiger partial charge on any atom is 0.241 e. The number of benzene rings is 3. The molecule has 0 radical (unpaired) electrons. The summed E-state index contributed by atoms with van der Waals surface area (Å²) in [6.07, 6.45) is -0.0304. The van der Waals surface area contributed by atoms with Crippen molar-refractivity contribution in [2.24, 2.45) is 0 Å². The lowest BCUT2D eigenvalue weighted by atomic mass is 10.1. The molecule has 3 rings (SSSR count). The highest BCUT2D eigenvalue weighted by atomic mass is 32.2. The molecule has 0 aromatic heterocycles. The van der Waals surface area contributed by atoms with Crippen molar-refractivity contribution in [2.75, 3.05) is 7.11 Å². The van der Waals surface area contributed by atoms with Gasteiger partial charge < -0.3 is 19.4 Å². The van der Waals surface area contributed by atoms with E-state index in [1.54, 1.807) is 54.6 Å². The summed E-state index contributed by atoms with van der Waals surface area (Å²) in [5, 5.41) is 11.5. The van der Waals surface area contributed by atoms with Crippen LogP contribution < -0.4 is 19.3 Å². The average Bonchev–Trinajstić information content (AvgIpc) is 2.74. The number of rotatable bonds is 9. The average molecular weight is 426 g/mol. The largest absolute Gasteiger partial charge is 0.548 e. The second-order valence-corrected chi connectivity index (χ2v) is 8.12. The van der Waals surface area contributed by atoms with Crippen LogP contribution in [0.2, 0.25) is 0 Å². The summed E-state index contributed by atoms with van der Waals surface area (Å²) >= 11 is 0. The lowest BCUT2D eigenvalue weighted by molar-refractivity contribution is -0.307. The predicted octanol–water partition coefficient (Wildman–Crippen LogP) is 2.13. The van der Waals surface area contributed by atoms with E-state index in [1.165, 1.54) is 31.4 Å². The Kier molecular flexibility index (Phi) is 6.71. The molecule has 3 aromatic rings. The van der Waals surface area contributed by atoms with E-state index < -0.39 is 22.0 Å². The van der Waals surface area contributed by atoms with Gasteiger partial charge in [-0.05, 0) is 48.4 Å². The molecule has 0 aliphatic rings. The molecule has 0 aliphatic heterocycles. The number of carbonyl (C=O) groups is 1. The van der Waals surface area contributed by atoms with Crippen molar-refractivity contribution in [2.45, 2.75) is 17.4 Å². The Bertz CT molecular complexity index is 1100. The lowest BCUT2D eigenvalue weighted by Gasteiger charge is -2.20. The molecule has 0 saturated carbocycles. The topological polar surface area (TPSA) is 105 Å². The first-order valence-electron chi connectivity index (χ1n) is 9.07. The van der Waals surface area contributed by atoms with Crippen LogP contribution in [-0.2, 0) is 21.2 Å². The highest BCUT2D eigenvalue weighted by Crippen LogP contribution is 2.31. The first kappa shape index (κ1) is 21.4. The molecule has 0 aliphatic carbocycles. The minimum Gasteiger partial charge on any atom is -0.548 e. The summed E-state index contributed by atoms with van der Waals surface area (Å²) in [5.74, 6) is -0.0834. The monoisotopic (exact) mass is 426 g/mol. The number of nitrogens with one attached hydrogen (secondary N) is 1. The van der Waals surface area contributed by atoms with Crippen molar-refractivity contribution in [1.29, 1.82) is 0 Å². The van der Waals surface area contributed by atoms with Gasteiger partial charge in [0.15, 0.2) is 11.5 Å². The fourth-order valence-corrected chi connectivity index (χ4v) is 3.98. The van der Waals surface area contributed by atoms with Crippen LogP contribution in [0, 0.1) is 0 Å². The number of para-hydroxylation sites is 2. The van der Waals surface area contributed by atoms with Crippen LogP contribution in [0.4, 0.5) is 0 Å². The normalized spacial score (nSPS) is 12.2. The molecule has 3 aromatic carbocycles. The van der Waals surface area contributed by atoms with E-state index in [1.807, 2.05) is 0 Å². The number of carboxylic acid groups (broad SMARTS) is 1. The molecular formula is C22H20NO6S-. The van der Waals surface area contributed by atoms with E-state index >= 15 is 0 Å². The Hall–Kier alpha value is -3.36. The SMILES string of the molecule is COc1ccccc1Oc1ccc(S(=O)(=O)N[C@H](Cc2ccccc2)C(=O)[O-])cc1. The third-order valence-corrected chi connectivity index (χ3v) is 5.78. The summed E-state index contributed by atoms with van der Waals surface area (Å²) in [5.41, 5.74) is 0.676. The van der Waals surface area contributed by atoms with Gasteiger partial charge in [0.1, 0.15) is 5.75 Å². The van der Waals surface area contributed by atoms with Crippen LogP contribution in [0.1, 0.15) is 5.56 Å². The van der Waals surface area contributed by atoms with Gasteiger partial charge in [-0.2, -0.15) is 0 Å². The van der Waals surface area contributed by atoms with Gasteiger partial charge in [-0.3, -0.25) is 0 Å². The summed E-state index contributed by atoms with van der Waals surface area (Å²) < 4.78 is 38.4. The number of ether oxygens (including phenoxy) is 2. The smallest absolute Gasteiger partial charge is 0.241 e. The zero-order chi connectivity index (χ0) is 21.6. The molecule has 0 spiro atoms. The van der Waals surface area contributed by atoms with E-state index in [0.717, 1.165) is 0 Å². The molecule has 7 nitrogen and oxygen atoms in total. The van der Waals surface area contributed by atoms with Crippen molar-refractivity contribution in [1.82, 2.24) is 4.72 Å². The third kappa shape index (κ3) is 5.37. The van der Waals surface area contributed by atoms with Crippen LogP contribution in [0.25, 0.3) is 0 Å². The Labute approximate surface area is 174 Å². The first-order chi connectivity index (χ1) is 14.4. The van der Waals surface area contributed by atoms with Crippen LogP contribution in [0.15, 0.2) is 83.8 Å². The maximum absolute atomic E-state index is 12.6. The Morgan fingerprint density at radius 3 is 2.13 bits per heavy atom. The zero-order valence-corrected chi connectivity index (χ0v) is 17.0. The number of hydrogen-bond acceptors (Lipinski definition) is 6. The molecule has 0 unspecified atom stereocenters. The number of carbonyl (C=O) groups excluding carboxylic acids is 1. The van der Waals surface area contributed by atoms with Gasteiger partial charge in [-0.1, -0.05) is 42.5 Å². The summed E-state index contributed by atoms with van der Waals surface area (Å²) in [6.45, 7) is 0. The quantitative estimate of drug-likeness (QED) is 0.562. The molecule has 1 N–H and O–H groups in total. The fraction of sp³-hybridized carbons (Fsp3) is 0.136. The molecular weight excluding hydrogens is 406 g/mol. The number of sulfonamides is 1. The minimum atomic E-state index is -4.08. The highest BCUT2D eigenvalue weighted by Gasteiger charge is 2.21. The fourth-order valence-electron chi connectivity index (χ4n) is 2.80. The number of methoxy groups -OCH3 is 1. The minimum absolute atomic E-state index is 0.0304. The van der Waals surface area contributed by atoms with Crippen molar-refractivity contribution in [3.05, 3.63) is 84.4 Å². The van der Waals surface area contributed by atoms with Gasteiger partial charge in [-0.25, -0.2) is 13.1 Å². The second kappa shape index (κ2) is 9.43. The Morgan fingerprint density at radius 2 is 1.53 bits per heavy atom. The van der Waals surface area contributed by atoms with Gasteiger partial charge in [0.25, 0.3) is 0 Å². The molecule has 30 heavy (non-hydrogen) atoms. The van der Waals surface area contributed by atoms with Gasteiger partial charge in [0.2, 0.25) is 10.0 Å². The van der Waals surface area contributed by atoms with Crippen LogP contribution in [0.3, 0.4) is 0 Å². The van der Waals surface area contributed by atoms with Crippen molar-refractivity contribution in [3.63, 3.8) is 0 Å². The zero-order valence-electron chi connectivity index (χ0n) is 16.1. The second-order valence-electron chi connectivity index (χ2n) is 6.41. The van der Waals surface area contributed by atoms with Crippen LogP contribution >= 0.6 is 0 Å². The molecule has 1 atom stereocenters. The molecule has 156 valence electrons. The van der Waals surface area contributed by atoms with Crippen LogP contribution in [0.5, 0.6) is 17.2 Å². The van der Waals surface area contributed by atoms with Crippen molar-refractivity contribution < 1.29 is 27.8 Å². The van der Waals surface area contributed by atoms with Gasteiger partial charge in [0, 0.05) is 0 Å².